The summed E-state index contributed by atoms with van der Waals surface area (Å²) in [4.78, 5) is 6.76. The minimum absolute atomic E-state index is 0.566. The van der Waals surface area contributed by atoms with Crippen molar-refractivity contribution in [3.8, 4) is 17.2 Å². The maximum atomic E-state index is 5.37. The number of methoxy groups -OCH3 is 3. The number of benzene rings is 2. The topological polar surface area (TPSA) is 67.4 Å². The van der Waals surface area contributed by atoms with Crippen molar-refractivity contribution in [3.63, 3.8) is 0 Å². The van der Waals surface area contributed by atoms with Crippen molar-refractivity contribution in [2.45, 2.75) is 13.0 Å². The Morgan fingerprint density at radius 3 is 2.60 bits per heavy atom. The number of guanidine groups is 1. The van der Waals surface area contributed by atoms with Gasteiger partial charge in [0.05, 0.1) is 21.3 Å². The van der Waals surface area contributed by atoms with E-state index in [0.29, 0.717) is 12.5 Å². The Kier molecular flexibility index (Phi) is 7.65. The molecule has 162 valence electrons. The van der Waals surface area contributed by atoms with Crippen molar-refractivity contribution in [2.24, 2.45) is 10.9 Å². The lowest BCUT2D eigenvalue weighted by atomic mass is 10.1. The van der Waals surface area contributed by atoms with E-state index in [1.54, 1.807) is 28.4 Å². The van der Waals surface area contributed by atoms with Crippen molar-refractivity contribution >= 4 is 11.6 Å². The molecule has 0 amide bonds. The van der Waals surface area contributed by atoms with Crippen LogP contribution in [0.1, 0.15) is 12.0 Å². The van der Waals surface area contributed by atoms with Crippen LogP contribution in [0.4, 0.5) is 5.69 Å². The van der Waals surface area contributed by atoms with Crippen LogP contribution in [0, 0.1) is 5.92 Å². The van der Waals surface area contributed by atoms with Gasteiger partial charge in [-0.1, -0.05) is 12.1 Å². The maximum absolute atomic E-state index is 5.37. The Morgan fingerprint density at radius 1 is 1.03 bits per heavy atom. The number of ether oxygens (including phenoxy) is 3. The van der Waals surface area contributed by atoms with Crippen LogP contribution >= 0.6 is 0 Å². The summed E-state index contributed by atoms with van der Waals surface area (Å²) in [5, 5.41) is 6.83. The first-order valence-corrected chi connectivity index (χ1v) is 10.2. The van der Waals surface area contributed by atoms with Gasteiger partial charge in [0, 0.05) is 45.0 Å². The molecule has 2 aromatic rings. The van der Waals surface area contributed by atoms with E-state index in [1.807, 2.05) is 30.3 Å². The molecule has 1 heterocycles. The Bertz CT molecular complexity index is 856. The second kappa shape index (κ2) is 10.6. The molecule has 30 heavy (non-hydrogen) atoms. The fourth-order valence-corrected chi connectivity index (χ4v) is 3.68. The smallest absolute Gasteiger partial charge is 0.191 e. The first-order chi connectivity index (χ1) is 14.7. The van der Waals surface area contributed by atoms with E-state index in [1.165, 1.54) is 5.69 Å². The molecule has 1 fully saturated rings. The van der Waals surface area contributed by atoms with Gasteiger partial charge in [0.1, 0.15) is 5.75 Å². The quantitative estimate of drug-likeness (QED) is 0.513. The molecule has 2 aromatic carbocycles. The van der Waals surface area contributed by atoms with Gasteiger partial charge in [0.15, 0.2) is 17.5 Å². The van der Waals surface area contributed by atoms with Crippen LogP contribution in [0.3, 0.4) is 0 Å². The zero-order valence-electron chi connectivity index (χ0n) is 18.3. The van der Waals surface area contributed by atoms with Crippen LogP contribution in [0.15, 0.2) is 47.5 Å². The van der Waals surface area contributed by atoms with Crippen LogP contribution in [-0.2, 0) is 6.54 Å². The second-order valence-electron chi connectivity index (χ2n) is 7.30. The fourth-order valence-electron chi connectivity index (χ4n) is 3.68. The van der Waals surface area contributed by atoms with Crippen LogP contribution in [0.25, 0.3) is 0 Å². The van der Waals surface area contributed by atoms with Crippen molar-refractivity contribution in [1.29, 1.82) is 0 Å². The Labute approximate surface area is 179 Å². The van der Waals surface area contributed by atoms with Gasteiger partial charge >= 0.3 is 0 Å². The zero-order chi connectivity index (χ0) is 21.3. The molecule has 0 aromatic heterocycles. The lowest BCUT2D eigenvalue weighted by molar-refractivity contribution is 0.354. The minimum Gasteiger partial charge on any atom is -0.497 e. The first-order valence-electron chi connectivity index (χ1n) is 10.2. The first kappa shape index (κ1) is 21.6. The lowest BCUT2D eigenvalue weighted by Crippen LogP contribution is -2.39. The third-order valence-electron chi connectivity index (χ3n) is 5.39. The van der Waals surface area contributed by atoms with Gasteiger partial charge in [-0.05, 0) is 42.2 Å². The van der Waals surface area contributed by atoms with Crippen LogP contribution in [0.5, 0.6) is 17.2 Å². The molecule has 0 spiro atoms. The van der Waals surface area contributed by atoms with E-state index in [0.717, 1.165) is 54.8 Å². The summed E-state index contributed by atoms with van der Waals surface area (Å²) in [6, 6.07) is 14.2. The number of anilines is 1. The highest BCUT2D eigenvalue weighted by Crippen LogP contribution is 2.28. The number of nitrogens with one attached hydrogen (secondary N) is 2. The molecule has 1 atom stereocenters. The minimum atomic E-state index is 0.566. The van der Waals surface area contributed by atoms with Crippen LogP contribution < -0.4 is 29.7 Å². The molecule has 0 bridgehead atoms. The van der Waals surface area contributed by atoms with Gasteiger partial charge in [-0.15, -0.1) is 0 Å². The van der Waals surface area contributed by atoms with Crippen molar-refractivity contribution in [1.82, 2.24) is 10.6 Å². The van der Waals surface area contributed by atoms with E-state index in [4.69, 9.17) is 14.2 Å². The molecular weight excluding hydrogens is 380 g/mol. The predicted molar refractivity (Wildman–Crippen MR) is 121 cm³/mol. The zero-order valence-corrected chi connectivity index (χ0v) is 18.3. The summed E-state index contributed by atoms with van der Waals surface area (Å²) >= 11 is 0. The van der Waals surface area contributed by atoms with E-state index in [-0.39, 0.29) is 0 Å². The number of aliphatic imine (C=N–C) groups is 1. The standard InChI is InChI=1S/C23H32N4O3/c1-24-23(25-14-17-8-9-21(29-3)22(12-17)30-4)26-15-18-10-11-27(16-18)19-6-5-7-20(13-19)28-2/h5-9,12-13,18H,10-11,14-16H2,1-4H3,(H2,24,25,26). The number of hydrogen-bond donors (Lipinski definition) is 2. The van der Waals surface area contributed by atoms with Gasteiger partial charge < -0.3 is 29.7 Å². The SMILES string of the molecule is CN=C(NCc1ccc(OC)c(OC)c1)NCC1CCN(c2cccc(OC)c2)C1. The third kappa shape index (κ3) is 5.49. The summed E-state index contributed by atoms with van der Waals surface area (Å²) < 4.78 is 16.0. The molecule has 0 aliphatic carbocycles. The molecular formula is C23H32N4O3. The summed E-state index contributed by atoms with van der Waals surface area (Å²) in [6.07, 6.45) is 1.15. The van der Waals surface area contributed by atoms with Crippen LogP contribution in [0.2, 0.25) is 0 Å². The van der Waals surface area contributed by atoms with Gasteiger partial charge in [0.2, 0.25) is 0 Å². The van der Waals surface area contributed by atoms with Gasteiger partial charge in [0.25, 0.3) is 0 Å². The van der Waals surface area contributed by atoms with E-state index in [9.17, 15) is 0 Å². The molecule has 1 aliphatic heterocycles. The molecule has 0 saturated carbocycles. The summed E-state index contributed by atoms with van der Waals surface area (Å²) in [5.41, 5.74) is 2.31. The van der Waals surface area contributed by atoms with E-state index < -0.39 is 0 Å². The molecule has 0 radical (unpaired) electrons. The molecule has 1 aliphatic rings. The van der Waals surface area contributed by atoms with Crippen molar-refractivity contribution in [2.75, 3.05) is 52.9 Å². The van der Waals surface area contributed by atoms with Crippen molar-refractivity contribution < 1.29 is 14.2 Å². The Hall–Kier alpha value is -3.09. The fraction of sp³-hybridized carbons (Fsp3) is 0.435. The van der Waals surface area contributed by atoms with Gasteiger partial charge in [-0.25, -0.2) is 0 Å². The largest absolute Gasteiger partial charge is 0.497 e. The summed E-state index contributed by atoms with van der Waals surface area (Å²) in [5.74, 6) is 3.71. The average Bonchev–Trinajstić information content (AvgIpc) is 3.28. The summed E-state index contributed by atoms with van der Waals surface area (Å²) in [7, 11) is 6.78. The average molecular weight is 413 g/mol. The third-order valence-corrected chi connectivity index (χ3v) is 5.39. The molecule has 2 N–H and O–H groups in total. The second-order valence-corrected chi connectivity index (χ2v) is 7.30. The van der Waals surface area contributed by atoms with Gasteiger partial charge in [-0.3, -0.25) is 4.99 Å². The Morgan fingerprint density at radius 2 is 1.87 bits per heavy atom. The van der Waals surface area contributed by atoms with E-state index >= 15 is 0 Å². The molecule has 7 heteroatoms. The molecule has 1 saturated heterocycles. The number of nitrogens with zero attached hydrogens (tertiary/aromatic N) is 2. The number of rotatable bonds is 8. The highest BCUT2D eigenvalue weighted by Gasteiger charge is 2.23. The lowest BCUT2D eigenvalue weighted by Gasteiger charge is -2.20. The normalized spacial score (nSPS) is 16.3. The van der Waals surface area contributed by atoms with Gasteiger partial charge in [-0.2, -0.15) is 0 Å². The highest BCUT2D eigenvalue weighted by atomic mass is 16.5. The Balaban J connectivity index is 1.48. The molecule has 7 nitrogen and oxygen atoms in total. The summed E-state index contributed by atoms with van der Waals surface area (Å²) in [6.45, 7) is 3.61. The van der Waals surface area contributed by atoms with Crippen LogP contribution in [-0.4, -0.2) is 54.0 Å². The monoisotopic (exact) mass is 412 g/mol. The predicted octanol–water partition coefficient (Wildman–Crippen LogP) is 2.90. The van der Waals surface area contributed by atoms with Crippen molar-refractivity contribution in [3.05, 3.63) is 48.0 Å². The molecule has 3 rings (SSSR count). The highest BCUT2D eigenvalue weighted by molar-refractivity contribution is 5.79. The maximum Gasteiger partial charge on any atom is 0.191 e. The van der Waals surface area contributed by atoms with E-state index in [2.05, 4.69) is 32.7 Å². The molecule has 1 unspecified atom stereocenters. The number of hydrogen-bond acceptors (Lipinski definition) is 5.